The van der Waals surface area contributed by atoms with Gasteiger partial charge in [-0.25, -0.2) is 4.98 Å². The van der Waals surface area contributed by atoms with Crippen molar-refractivity contribution in [2.75, 3.05) is 13.7 Å². The van der Waals surface area contributed by atoms with Crippen molar-refractivity contribution < 1.29 is 13.9 Å². The normalized spacial score (nSPS) is 14.0. The van der Waals surface area contributed by atoms with Gasteiger partial charge in [-0.3, -0.25) is 9.69 Å². The van der Waals surface area contributed by atoms with Gasteiger partial charge in [-0.2, -0.15) is 0 Å². The molecule has 0 unspecified atom stereocenters. The molecular weight excluding hydrogens is 330 g/mol. The van der Waals surface area contributed by atoms with Gasteiger partial charge < -0.3 is 14.5 Å². The predicted molar refractivity (Wildman–Crippen MR) is 98.9 cm³/mol. The Balaban J connectivity index is 1.66. The molecular formula is C20H27N3O3. The number of rotatable bonds is 9. The first-order chi connectivity index (χ1) is 12.5. The van der Waals surface area contributed by atoms with Gasteiger partial charge >= 0.3 is 0 Å². The van der Waals surface area contributed by atoms with Crippen molar-refractivity contribution in [3.8, 4) is 5.75 Å². The summed E-state index contributed by atoms with van der Waals surface area (Å²) in [6.07, 6.45) is 4.00. The topological polar surface area (TPSA) is 67.6 Å². The Bertz CT molecular complexity index is 737. The zero-order valence-corrected chi connectivity index (χ0v) is 15.7. The van der Waals surface area contributed by atoms with E-state index in [9.17, 15) is 4.79 Å². The summed E-state index contributed by atoms with van der Waals surface area (Å²) < 4.78 is 10.9. The second kappa shape index (κ2) is 8.36. The molecule has 1 aromatic heterocycles. The highest BCUT2D eigenvalue weighted by atomic mass is 16.5. The largest absolute Gasteiger partial charge is 0.497 e. The van der Waals surface area contributed by atoms with Crippen molar-refractivity contribution in [2.24, 2.45) is 5.92 Å². The van der Waals surface area contributed by atoms with E-state index in [-0.39, 0.29) is 11.9 Å². The Morgan fingerprint density at radius 1 is 1.38 bits per heavy atom. The number of carbonyl (C=O) groups excluding carboxylic acids is 1. The maximum absolute atomic E-state index is 12.0. The summed E-state index contributed by atoms with van der Waals surface area (Å²) in [6, 6.07) is 8.17. The fourth-order valence-electron chi connectivity index (χ4n) is 2.89. The van der Waals surface area contributed by atoms with Crippen LogP contribution in [0.4, 0.5) is 0 Å². The fourth-order valence-corrected chi connectivity index (χ4v) is 2.89. The summed E-state index contributed by atoms with van der Waals surface area (Å²) in [4.78, 5) is 18.7. The molecule has 0 bridgehead atoms. The molecule has 3 rings (SSSR count). The number of hydrogen-bond donors (Lipinski definition) is 1. The van der Waals surface area contributed by atoms with E-state index in [0.29, 0.717) is 18.1 Å². The Morgan fingerprint density at radius 2 is 2.19 bits per heavy atom. The number of carbonyl (C=O) groups is 1. The zero-order chi connectivity index (χ0) is 18.5. The number of ether oxygens (including phenoxy) is 1. The summed E-state index contributed by atoms with van der Waals surface area (Å²) in [5.41, 5.74) is 1.52. The van der Waals surface area contributed by atoms with E-state index in [1.54, 1.807) is 7.11 Å². The summed E-state index contributed by atoms with van der Waals surface area (Å²) in [5.74, 6) is 1.98. The molecule has 1 fully saturated rings. The van der Waals surface area contributed by atoms with Crippen LogP contribution < -0.4 is 10.1 Å². The molecule has 6 nitrogen and oxygen atoms in total. The van der Waals surface area contributed by atoms with Crippen LogP contribution in [0.3, 0.4) is 0 Å². The third-order valence-corrected chi connectivity index (χ3v) is 4.32. The molecule has 1 saturated carbocycles. The molecule has 1 heterocycles. The number of amides is 1. The molecule has 2 aromatic rings. The Morgan fingerprint density at radius 3 is 2.88 bits per heavy atom. The van der Waals surface area contributed by atoms with Crippen LogP contribution in [0.5, 0.6) is 5.75 Å². The maximum atomic E-state index is 12.0. The lowest BCUT2D eigenvalue weighted by Gasteiger charge is -2.21. The van der Waals surface area contributed by atoms with Crippen LogP contribution in [-0.4, -0.2) is 35.5 Å². The third kappa shape index (κ3) is 5.33. The summed E-state index contributed by atoms with van der Waals surface area (Å²) >= 11 is 0. The van der Waals surface area contributed by atoms with Gasteiger partial charge in [0.15, 0.2) is 5.69 Å². The molecule has 0 radical (unpaired) electrons. The molecule has 1 aliphatic carbocycles. The van der Waals surface area contributed by atoms with Crippen molar-refractivity contribution in [3.05, 3.63) is 47.7 Å². The van der Waals surface area contributed by atoms with Crippen molar-refractivity contribution in [1.29, 1.82) is 0 Å². The molecule has 1 amide bonds. The van der Waals surface area contributed by atoms with Gasteiger partial charge in [-0.1, -0.05) is 12.1 Å². The molecule has 1 N–H and O–H groups in total. The van der Waals surface area contributed by atoms with Gasteiger partial charge in [0, 0.05) is 19.1 Å². The van der Waals surface area contributed by atoms with Crippen LogP contribution in [0.15, 0.2) is 34.9 Å². The van der Waals surface area contributed by atoms with Gasteiger partial charge in [-0.15, -0.1) is 0 Å². The van der Waals surface area contributed by atoms with Gasteiger partial charge in [0.25, 0.3) is 5.91 Å². The number of methoxy groups -OCH3 is 1. The summed E-state index contributed by atoms with van der Waals surface area (Å²) in [7, 11) is 1.68. The molecule has 0 aliphatic heterocycles. The summed E-state index contributed by atoms with van der Waals surface area (Å²) in [5, 5.41) is 2.83. The first-order valence-corrected chi connectivity index (χ1v) is 9.14. The van der Waals surface area contributed by atoms with Crippen LogP contribution in [0.2, 0.25) is 0 Å². The quantitative estimate of drug-likeness (QED) is 0.746. The first-order valence-electron chi connectivity index (χ1n) is 9.14. The number of nitrogens with zero attached hydrogens (tertiary/aromatic N) is 2. The SMILES string of the molecule is COc1cccc(CN(Cc2nc(C(=O)NC(C)C)co2)CC2CC2)c1. The lowest BCUT2D eigenvalue weighted by Crippen LogP contribution is -2.30. The minimum absolute atomic E-state index is 0.0714. The molecule has 0 saturated heterocycles. The molecule has 0 atom stereocenters. The highest BCUT2D eigenvalue weighted by Crippen LogP contribution is 2.31. The van der Waals surface area contributed by atoms with Crippen molar-refractivity contribution in [3.63, 3.8) is 0 Å². The van der Waals surface area contributed by atoms with Gasteiger partial charge in [0.05, 0.1) is 13.7 Å². The monoisotopic (exact) mass is 357 g/mol. The second-order valence-corrected chi connectivity index (χ2v) is 7.22. The van der Waals surface area contributed by atoms with E-state index in [4.69, 9.17) is 9.15 Å². The van der Waals surface area contributed by atoms with E-state index >= 15 is 0 Å². The van der Waals surface area contributed by atoms with Crippen LogP contribution in [0.1, 0.15) is 48.6 Å². The minimum atomic E-state index is -0.198. The number of nitrogens with one attached hydrogen (secondary N) is 1. The minimum Gasteiger partial charge on any atom is -0.497 e. The maximum Gasteiger partial charge on any atom is 0.273 e. The van der Waals surface area contributed by atoms with Crippen molar-refractivity contribution >= 4 is 5.91 Å². The zero-order valence-electron chi connectivity index (χ0n) is 15.7. The number of aromatic nitrogens is 1. The van der Waals surface area contributed by atoms with Crippen LogP contribution >= 0.6 is 0 Å². The molecule has 6 heteroatoms. The average molecular weight is 357 g/mol. The molecule has 26 heavy (non-hydrogen) atoms. The second-order valence-electron chi connectivity index (χ2n) is 7.22. The predicted octanol–water partition coefficient (Wildman–Crippen LogP) is 3.23. The Hall–Kier alpha value is -2.34. The molecule has 1 aromatic carbocycles. The average Bonchev–Trinajstić information content (AvgIpc) is 3.29. The highest BCUT2D eigenvalue weighted by molar-refractivity contribution is 5.92. The van der Waals surface area contributed by atoms with E-state index in [1.165, 1.54) is 24.7 Å². The Labute approximate surface area is 154 Å². The standard InChI is InChI=1S/C20H27N3O3/c1-14(2)21-20(24)18-13-26-19(22-18)12-23(10-15-7-8-15)11-16-5-4-6-17(9-16)25-3/h4-6,9,13-15H,7-8,10-12H2,1-3H3,(H,21,24). The van der Waals surface area contributed by atoms with E-state index in [0.717, 1.165) is 24.8 Å². The van der Waals surface area contributed by atoms with Gasteiger partial charge in [-0.05, 0) is 50.3 Å². The summed E-state index contributed by atoms with van der Waals surface area (Å²) in [6.45, 7) is 6.23. The number of benzene rings is 1. The third-order valence-electron chi connectivity index (χ3n) is 4.32. The highest BCUT2D eigenvalue weighted by Gasteiger charge is 2.25. The van der Waals surface area contributed by atoms with Crippen LogP contribution in [0.25, 0.3) is 0 Å². The smallest absolute Gasteiger partial charge is 0.273 e. The van der Waals surface area contributed by atoms with Crippen LogP contribution in [0, 0.1) is 5.92 Å². The Kier molecular flexibility index (Phi) is 5.93. The van der Waals surface area contributed by atoms with Crippen molar-refractivity contribution in [1.82, 2.24) is 15.2 Å². The van der Waals surface area contributed by atoms with E-state index in [1.807, 2.05) is 26.0 Å². The van der Waals surface area contributed by atoms with E-state index < -0.39 is 0 Å². The molecule has 140 valence electrons. The lowest BCUT2D eigenvalue weighted by atomic mass is 10.2. The molecule has 0 spiro atoms. The van der Waals surface area contributed by atoms with E-state index in [2.05, 4.69) is 27.3 Å². The number of hydrogen-bond acceptors (Lipinski definition) is 5. The van der Waals surface area contributed by atoms with Gasteiger partial charge in [0.2, 0.25) is 5.89 Å². The molecule has 1 aliphatic rings. The fraction of sp³-hybridized carbons (Fsp3) is 0.500. The van der Waals surface area contributed by atoms with Crippen molar-refractivity contribution in [2.45, 2.75) is 45.8 Å². The van der Waals surface area contributed by atoms with Gasteiger partial charge in [0.1, 0.15) is 12.0 Å². The first kappa shape index (κ1) is 18.5. The van der Waals surface area contributed by atoms with Crippen LogP contribution in [-0.2, 0) is 13.1 Å². The lowest BCUT2D eigenvalue weighted by molar-refractivity contribution is 0.0938. The number of oxazole rings is 1.